The van der Waals surface area contributed by atoms with E-state index in [4.69, 9.17) is 4.74 Å². The highest BCUT2D eigenvalue weighted by molar-refractivity contribution is 4.61. The average Bonchev–Trinajstić information content (AvgIpc) is 2.54. The molecule has 0 aromatic carbocycles. The molecule has 0 aliphatic rings. The minimum atomic E-state index is 0.0503. The van der Waals surface area contributed by atoms with E-state index in [-0.39, 0.29) is 5.60 Å². The molecule has 0 aliphatic carbocycles. The number of aryl methyl sites for hydroxylation is 1. The van der Waals surface area contributed by atoms with Crippen LogP contribution in [0.3, 0.4) is 0 Å². The molecule has 1 aromatic rings. The van der Waals surface area contributed by atoms with Crippen molar-refractivity contribution in [1.82, 2.24) is 15.0 Å². The molecule has 4 nitrogen and oxygen atoms in total. The van der Waals surface area contributed by atoms with Gasteiger partial charge in [0.2, 0.25) is 0 Å². The first-order valence-electron chi connectivity index (χ1n) is 4.97. The molecule has 0 unspecified atom stereocenters. The highest BCUT2D eigenvalue weighted by Gasteiger charge is 2.06. The second-order valence-corrected chi connectivity index (χ2v) is 3.80. The Morgan fingerprint density at radius 1 is 1.29 bits per heavy atom. The van der Waals surface area contributed by atoms with Gasteiger partial charge in [-0.3, -0.25) is 4.68 Å². The van der Waals surface area contributed by atoms with Crippen LogP contribution in [0.5, 0.6) is 0 Å². The molecular formula is C10H21N3O. The summed E-state index contributed by atoms with van der Waals surface area (Å²) in [6, 6.07) is 0. The maximum Gasteiger partial charge on any atom is 0.0692 e. The van der Waals surface area contributed by atoms with Crippen LogP contribution in [0, 0.1) is 0 Å². The van der Waals surface area contributed by atoms with Crippen LogP contribution in [0.25, 0.3) is 0 Å². The predicted molar refractivity (Wildman–Crippen MR) is 57.1 cm³/mol. The van der Waals surface area contributed by atoms with Gasteiger partial charge in [0.1, 0.15) is 0 Å². The van der Waals surface area contributed by atoms with Crippen molar-refractivity contribution in [3.63, 3.8) is 0 Å². The fourth-order valence-electron chi connectivity index (χ4n) is 0.834. The lowest BCUT2D eigenvalue weighted by atomic mass is 10.2. The Hall–Kier alpha value is -0.900. The van der Waals surface area contributed by atoms with E-state index in [9.17, 15) is 0 Å². The highest BCUT2D eigenvalue weighted by atomic mass is 16.5. The molecule has 82 valence electrons. The number of hydrogen-bond donors (Lipinski definition) is 0. The smallest absolute Gasteiger partial charge is 0.0692 e. The number of nitrogens with zero attached hydrogens (tertiary/aromatic N) is 3. The van der Waals surface area contributed by atoms with Crippen molar-refractivity contribution >= 4 is 0 Å². The Morgan fingerprint density at radius 3 is 2.07 bits per heavy atom. The minimum absolute atomic E-state index is 0.0503. The van der Waals surface area contributed by atoms with Crippen LogP contribution in [-0.2, 0) is 11.3 Å². The van der Waals surface area contributed by atoms with Gasteiger partial charge in [0.15, 0.2) is 0 Å². The van der Waals surface area contributed by atoms with E-state index >= 15 is 0 Å². The lowest BCUT2D eigenvalue weighted by Crippen LogP contribution is -2.18. The molecule has 0 amide bonds. The molecule has 0 saturated carbocycles. The second kappa shape index (κ2) is 6.54. The van der Waals surface area contributed by atoms with Gasteiger partial charge in [-0.2, -0.15) is 0 Å². The van der Waals surface area contributed by atoms with Gasteiger partial charge in [-0.1, -0.05) is 5.21 Å². The first kappa shape index (κ1) is 13.1. The third kappa shape index (κ3) is 7.73. The van der Waals surface area contributed by atoms with E-state index in [1.807, 2.05) is 20.0 Å². The van der Waals surface area contributed by atoms with Crippen LogP contribution in [0.4, 0.5) is 0 Å². The third-order valence-corrected chi connectivity index (χ3v) is 1.37. The van der Waals surface area contributed by atoms with Crippen molar-refractivity contribution < 1.29 is 4.74 Å². The Bertz CT molecular complexity index is 214. The first-order chi connectivity index (χ1) is 6.49. The molecule has 1 aromatic heterocycles. The zero-order valence-electron chi connectivity index (χ0n) is 9.82. The van der Waals surface area contributed by atoms with Gasteiger partial charge in [0, 0.05) is 19.3 Å². The number of aromatic nitrogens is 3. The third-order valence-electron chi connectivity index (χ3n) is 1.37. The molecule has 4 heteroatoms. The fourth-order valence-corrected chi connectivity index (χ4v) is 0.834. The summed E-state index contributed by atoms with van der Waals surface area (Å²) in [5, 5.41) is 7.31. The van der Waals surface area contributed by atoms with E-state index in [0.717, 1.165) is 13.2 Å². The van der Waals surface area contributed by atoms with E-state index in [2.05, 4.69) is 31.1 Å². The van der Waals surface area contributed by atoms with E-state index < -0.39 is 0 Å². The zero-order valence-corrected chi connectivity index (χ0v) is 9.82. The molecule has 14 heavy (non-hydrogen) atoms. The molecule has 0 aliphatic heterocycles. The van der Waals surface area contributed by atoms with E-state index in [1.54, 1.807) is 10.9 Å². The average molecular weight is 199 g/mol. The fraction of sp³-hybridized carbons (Fsp3) is 0.800. The summed E-state index contributed by atoms with van der Waals surface area (Å²) in [5.41, 5.74) is 0.0503. The molecule has 0 saturated heterocycles. The maximum atomic E-state index is 5.23. The standard InChI is InChI=1S/C6H14O.C4H7N3/c1-5-7-6(2,3)4;1-2-7-4-3-5-6-7/h5H2,1-4H3;3-4H,2H2,1H3. The van der Waals surface area contributed by atoms with Gasteiger partial charge in [-0.15, -0.1) is 5.10 Å². The summed E-state index contributed by atoms with van der Waals surface area (Å²) in [6.45, 7) is 11.9. The normalized spacial score (nSPS) is 10.6. The number of ether oxygens (including phenoxy) is 1. The van der Waals surface area contributed by atoms with E-state index in [0.29, 0.717) is 0 Å². The summed E-state index contributed by atoms with van der Waals surface area (Å²) < 4.78 is 6.99. The van der Waals surface area contributed by atoms with Crippen LogP contribution < -0.4 is 0 Å². The van der Waals surface area contributed by atoms with Gasteiger partial charge in [0.25, 0.3) is 0 Å². The van der Waals surface area contributed by atoms with Crippen LogP contribution in [0.2, 0.25) is 0 Å². The zero-order chi connectivity index (χ0) is 11.0. The topological polar surface area (TPSA) is 39.9 Å². The molecule has 0 spiro atoms. The van der Waals surface area contributed by atoms with Crippen LogP contribution in [-0.4, -0.2) is 27.2 Å². The van der Waals surface area contributed by atoms with Gasteiger partial charge in [-0.05, 0) is 34.6 Å². The van der Waals surface area contributed by atoms with Gasteiger partial charge in [0.05, 0.1) is 11.8 Å². The van der Waals surface area contributed by atoms with Crippen molar-refractivity contribution in [2.45, 2.75) is 46.8 Å². The lowest BCUT2D eigenvalue weighted by Gasteiger charge is -2.17. The van der Waals surface area contributed by atoms with Crippen molar-refractivity contribution in [3.05, 3.63) is 12.4 Å². The minimum Gasteiger partial charge on any atom is -0.376 e. The molecule has 0 fully saturated rings. The van der Waals surface area contributed by atoms with Crippen LogP contribution in [0.15, 0.2) is 12.4 Å². The summed E-state index contributed by atoms with van der Waals surface area (Å²) in [4.78, 5) is 0. The van der Waals surface area contributed by atoms with Gasteiger partial charge in [-0.25, -0.2) is 0 Å². The monoisotopic (exact) mass is 199 g/mol. The van der Waals surface area contributed by atoms with Crippen LogP contribution in [0.1, 0.15) is 34.6 Å². The summed E-state index contributed by atoms with van der Waals surface area (Å²) in [5.74, 6) is 0. The lowest BCUT2D eigenvalue weighted by molar-refractivity contribution is 0.00532. The molecule has 1 rings (SSSR count). The molecule has 0 atom stereocenters. The molecule has 0 N–H and O–H groups in total. The predicted octanol–water partition coefficient (Wildman–Crippen LogP) is 2.12. The molecule has 0 radical (unpaired) electrons. The SMILES string of the molecule is CCOC(C)(C)C.CCn1ccnn1. The quantitative estimate of drug-likeness (QED) is 0.732. The van der Waals surface area contributed by atoms with Crippen molar-refractivity contribution in [2.24, 2.45) is 0 Å². The highest BCUT2D eigenvalue weighted by Crippen LogP contribution is 2.04. The van der Waals surface area contributed by atoms with Crippen molar-refractivity contribution in [3.8, 4) is 0 Å². The van der Waals surface area contributed by atoms with Gasteiger partial charge >= 0.3 is 0 Å². The van der Waals surface area contributed by atoms with Crippen molar-refractivity contribution in [1.29, 1.82) is 0 Å². The molecular weight excluding hydrogens is 178 g/mol. The maximum absolute atomic E-state index is 5.23. The number of rotatable bonds is 2. The Labute approximate surface area is 86.3 Å². The van der Waals surface area contributed by atoms with Gasteiger partial charge < -0.3 is 4.74 Å². The Kier molecular flexibility index (Phi) is 6.12. The first-order valence-corrected chi connectivity index (χ1v) is 4.97. The second-order valence-electron chi connectivity index (χ2n) is 3.80. The Balaban J connectivity index is 0.000000241. The van der Waals surface area contributed by atoms with Crippen LogP contribution >= 0.6 is 0 Å². The Morgan fingerprint density at radius 2 is 1.93 bits per heavy atom. The number of hydrogen-bond acceptors (Lipinski definition) is 3. The summed E-state index contributed by atoms with van der Waals surface area (Å²) >= 11 is 0. The molecule has 1 heterocycles. The molecule has 0 bridgehead atoms. The van der Waals surface area contributed by atoms with Crippen molar-refractivity contribution in [2.75, 3.05) is 6.61 Å². The summed E-state index contributed by atoms with van der Waals surface area (Å²) in [7, 11) is 0. The largest absolute Gasteiger partial charge is 0.376 e. The van der Waals surface area contributed by atoms with E-state index in [1.165, 1.54) is 0 Å². The summed E-state index contributed by atoms with van der Waals surface area (Å²) in [6.07, 6.45) is 3.50.